The molecular weight excluding hydrogens is 388 g/mol. The van der Waals surface area contributed by atoms with Gasteiger partial charge in [0.2, 0.25) is 0 Å². The van der Waals surface area contributed by atoms with Crippen molar-refractivity contribution in [2.45, 2.75) is 4.90 Å². The van der Waals surface area contributed by atoms with Crippen LogP contribution in [0, 0.1) is 0 Å². The molecule has 0 unspecified atom stereocenters. The van der Waals surface area contributed by atoms with Gasteiger partial charge in [-0.1, -0.05) is 47.0 Å². The van der Waals surface area contributed by atoms with Gasteiger partial charge in [0, 0.05) is 22.2 Å². The Labute approximate surface area is 160 Å². The van der Waals surface area contributed by atoms with Crippen molar-refractivity contribution in [1.29, 1.82) is 0 Å². The molecule has 27 heavy (non-hydrogen) atoms. The lowest BCUT2D eigenvalue weighted by molar-refractivity contribution is 0.380. The first kappa shape index (κ1) is 17.4. The highest BCUT2D eigenvalue weighted by Crippen LogP contribution is 2.28. The van der Waals surface area contributed by atoms with Gasteiger partial charge in [-0.15, -0.1) is 4.09 Å². The minimum absolute atomic E-state index is 0.0245. The summed E-state index contributed by atoms with van der Waals surface area (Å²) in [4.78, 5) is 8.43. The fraction of sp³-hybridized carbons (Fsp3) is 0.0556. The molecule has 0 aliphatic carbocycles. The molecule has 7 nitrogen and oxygen atoms in total. The number of benzene rings is 2. The van der Waals surface area contributed by atoms with Crippen LogP contribution in [0.5, 0.6) is 6.01 Å². The lowest BCUT2D eigenvalue weighted by Gasteiger charge is -2.09. The molecule has 0 fully saturated rings. The van der Waals surface area contributed by atoms with Crippen molar-refractivity contribution < 1.29 is 13.2 Å². The normalized spacial score (nSPS) is 11.6. The molecule has 0 aliphatic rings. The second-order valence-electron chi connectivity index (χ2n) is 5.61. The van der Waals surface area contributed by atoms with Crippen LogP contribution < -0.4 is 4.74 Å². The Balaban J connectivity index is 1.98. The summed E-state index contributed by atoms with van der Waals surface area (Å²) in [6.07, 6.45) is 1.54. The molecule has 2 heterocycles. The highest BCUT2D eigenvalue weighted by molar-refractivity contribution is 7.90. The molecule has 0 atom stereocenters. The Morgan fingerprint density at radius 2 is 1.85 bits per heavy atom. The fourth-order valence-corrected chi connectivity index (χ4v) is 4.31. The van der Waals surface area contributed by atoms with E-state index in [1.807, 2.05) is 0 Å². The van der Waals surface area contributed by atoms with Crippen LogP contribution in [0.15, 0.2) is 65.7 Å². The number of ether oxygens (including phenoxy) is 1. The maximum atomic E-state index is 13.4. The van der Waals surface area contributed by atoms with Crippen LogP contribution in [0.3, 0.4) is 0 Å². The average Bonchev–Trinajstić information content (AvgIpc) is 3.13. The molecular formula is C18H13ClN4O3S. The maximum Gasteiger partial charge on any atom is 0.336 e. The van der Waals surface area contributed by atoms with Crippen LogP contribution >= 0.6 is 11.6 Å². The maximum absolute atomic E-state index is 13.4. The third-order valence-electron chi connectivity index (χ3n) is 3.93. The van der Waals surface area contributed by atoms with E-state index in [-0.39, 0.29) is 16.7 Å². The average molecular weight is 401 g/mol. The van der Waals surface area contributed by atoms with Crippen molar-refractivity contribution in [2.75, 3.05) is 7.11 Å². The van der Waals surface area contributed by atoms with Crippen LogP contribution in [0.4, 0.5) is 0 Å². The van der Waals surface area contributed by atoms with E-state index in [1.165, 1.54) is 13.2 Å². The standard InChI is InChI=1S/C18H13ClN4O3S/c1-26-18-21-17(13-6-2-8-14(19)11-13)23(22-18)27(24,25)15-9-3-5-12-7-4-10-20-16(12)15/h2-11H,1H3. The van der Waals surface area contributed by atoms with Crippen LogP contribution in [0.25, 0.3) is 22.3 Å². The predicted octanol–water partition coefficient (Wildman–Crippen LogP) is 3.39. The van der Waals surface area contributed by atoms with Gasteiger partial charge in [-0.05, 0) is 24.3 Å². The number of fused-ring (bicyclic) bond motifs is 1. The number of para-hydroxylation sites is 1. The van der Waals surface area contributed by atoms with E-state index in [4.69, 9.17) is 16.3 Å². The zero-order valence-corrected chi connectivity index (χ0v) is 15.6. The largest absolute Gasteiger partial charge is 0.466 e. The molecule has 0 saturated carbocycles. The summed E-state index contributed by atoms with van der Waals surface area (Å²) < 4.78 is 32.7. The molecule has 0 amide bonds. The Morgan fingerprint density at radius 3 is 2.63 bits per heavy atom. The number of methoxy groups -OCH3 is 1. The van der Waals surface area contributed by atoms with Crippen LogP contribution in [0.2, 0.25) is 5.02 Å². The van der Waals surface area contributed by atoms with E-state index in [0.29, 0.717) is 21.5 Å². The van der Waals surface area contributed by atoms with Crippen molar-refractivity contribution in [3.05, 3.63) is 65.8 Å². The van der Waals surface area contributed by atoms with Gasteiger partial charge in [-0.2, -0.15) is 13.4 Å². The zero-order chi connectivity index (χ0) is 19.0. The minimum atomic E-state index is -4.09. The second kappa shape index (κ2) is 6.64. The summed E-state index contributed by atoms with van der Waals surface area (Å²) in [6, 6.07) is 15.1. The third kappa shape index (κ3) is 3.02. The highest BCUT2D eigenvalue weighted by Gasteiger charge is 2.27. The smallest absolute Gasteiger partial charge is 0.336 e. The summed E-state index contributed by atoms with van der Waals surface area (Å²) >= 11 is 6.05. The van der Waals surface area contributed by atoms with E-state index in [2.05, 4.69) is 15.1 Å². The van der Waals surface area contributed by atoms with E-state index >= 15 is 0 Å². The molecule has 0 spiro atoms. The lowest BCUT2D eigenvalue weighted by Crippen LogP contribution is -2.16. The van der Waals surface area contributed by atoms with E-state index in [1.54, 1.807) is 54.7 Å². The zero-order valence-electron chi connectivity index (χ0n) is 14.1. The lowest BCUT2D eigenvalue weighted by atomic mass is 10.2. The number of pyridine rings is 1. The predicted molar refractivity (Wildman–Crippen MR) is 101 cm³/mol. The number of hydrogen-bond acceptors (Lipinski definition) is 6. The molecule has 0 aliphatic heterocycles. The molecule has 2 aromatic heterocycles. The Bertz CT molecular complexity index is 1250. The summed E-state index contributed by atoms with van der Waals surface area (Å²) in [7, 11) is -2.72. The number of nitrogens with zero attached hydrogens (tertiary/aromatic N) is 4. The summed E-state index contributed by atoms with van der Waals surface area (Å²) in [5.74, 6) is 0.0993. The monoisotopic (exact) mass is 400 g/mol. The summed E-state index contributed by atoms with van der Waals surface area (Å²) in [5.41, 5.74) is 0.849. The molecule has 4 aromatic rings. The number of hydrogen-bond donors (Lipinski definition) is 0. The Hall–Kier alpha value is -2.97. The highest BCUT2D eigenvalue weighted by atomic mass is 35.5. The van der Waals surface area contributed by atoms with Crippen molar-refractivity contribution in [2.24, 2.45) is 0 Å². The van der Waals surface area contributed by atoms with Crippen molar-refractivity contribution >= 4 is 32.5 Å². The third-order valence-corrected chi connectivity index (χ3v) is 5.76. The Kier molecular flexibility index (Phi) is 4.29. The van der Waals surface area contributed by atoms with Gasteiger partial charge in [0.1, 0.15) is 4.90 Å². The molecule has 2 aromatic carbocycles. The van der Waals surface area contributed by atoms with Crippen molar-refractivity contribution in [3.8, 4) is 17.4 Å². The molecule has 9 heteroatoms. The van der Waals surface area contributed by atoms with Crippen LogP contribution in [0.1, 0.15) is 0 Å². The van der Waals surface area contributed by atoms with Gasteiger partial charge in [0.05, 0.1) is 12.6 Å². The van der Waals surface area contributed by atoms with Gasteiger partial charge in [0.15, 0.2) is 5.82 Å². The second-order valence-corrected chi connectivity index (χ2v) is 7.78. The Morgan fingerprint density at radius 1 is 1.07 bits per heavy atom. The first-order valence-electron chi connectivity index (χ1n) is 7.87. The van der Waals surface area contributed by atoms with Gasteiger partial charge in [-0.3, -0.25) is 4.98 Å². The molecule has 0 radical (unpaired) electrons. The SMILES string of the molecule is COc1nc(-c2cccc(Cl)c2)n(S(=O)(=O)c2cccc3cccnc23)n1. The number of aromatic nitrogens is 4. The number of rotatable bonds is 4. The quantitative estimate of drug-likeness (QED) is 0.521. The molecule has 136 valence electrons. The van der Waals surface area contributed by atoms with Gasteiger partial charge >= 0.3 is 6.01 Å². The van der Waals surface area contributed by atoms with E-state index in [9.17, 15) is 8.42 Å². The number of halogens is 1. The van der Waals surface area contributed by atoms with E-state index < -0.39 is 10.0 Å². The molecule has 0 saturated heterocycles. The minimum Gasteiger partial charge on any atom is -0.466 e. The van der Waals surface area contributed by atoms with Gasteiger partial charge < -0.3 is 4.74 Å². The first-order chi connectivity index (χ1) is 13.0. The van der Waals surface area contributed by atoms with Gasteiger partial charge in [0.25, 0.3) is 10.0 Å². The fourth-order valence-electron chi connectivity index (χ4n) is 2.71. The molecule has 4 rings (SSSR count). The molecule has 0 bridgehead atoms. The van der Waals surface area contributed by atoms with Gasteiger partial charge in [-0.25, -0.2) is 0 Å². The molecule has 0 N–H and O–H groups in total. The van der Waals surface area contributed by atoms with Crippen LogP contribution in [-0.4, -0.2) is 34.7 Å². The van der Waals surface area contributed by atoms with Crippen molar-refractivity contribution in [1.82, 2.24) is 19.2 Å². The van der Waals surface area contributed by atoms with E-state index in [0.717, 1.165) is 4.09 Å². The summed E-state index contributed by atoms with van der Waals surface area (Å²) in [6.45, 7) is 0. The van der Waals surface area contributed by atoms with Crippen LogP contribution in [-0.2, 0) is 10.0 Å². The topological polar surface area (TPSA) is 87.0 Å². The van der Waals surface area contributed by atoms with Crippen molar-refractivity contribution in [3.63, 3.8) is 0 Å². The summed E-state index contributed by atoms with van der Waals surface area (Å²) in [5, 5.41) is 5.17. The first-order valence-corrected chi connectivity index (χ1v) is 9.69.